The van der Waals surface area contributed by atoms with E-state index in [4.69, 9.17) is 14.2 Å². The number of thiophene rings is 1. The van der Waals surface area contributed by atoms with Gasteiger partial charge in [-0.05, 0) is 35.6 Å². The van der Waals surface area contributed by atoms with Crippen molar-refractivity contribution in [3.63, 3.8) is 0 Å². The van der Waals surface area contributed by atoms with Crippen LogP contribution in [0.5, 0.6) is 17.2 Å². The van der Waals surface area contributed by atoms with E-state index in [1.807, 2.05) is 41.8 Å². The maximum absolute atomic E-state index is 13.5. The summed E-state index contributed by atoms with van der Waals surface area (Å²) in [5, 5.41) is 1.86. The molecule has 0 spiro atoms. The monoisotopic (exact) mass is 492 g/mol. The molecule has 7 nitrogen and oxygen atoms in total. The fourth-order valence-corrected chi connectivity index (χ4v) is 4.89. The second kappa shape index (κ2) is 10.7. The largest absolute Gasteiger partial charge is 0.496 e. The van der Waals surface area contributed by atoms with E-state index in [-0.39, 0.29) is 11.8 Å². The molecule has 0 bridgehead atoms. The van der Waals surface area contributed by atoms with Crippen LogP contribution in [0.1, 0.15) is 32.0 Å². The summed E-state index contributed by atoms with van der Waals surface area (Å²) in [7, 11) is 6.52. The molecule has 0 fully saturated rings. The van der Waals surface area contributed by atoms with Gasteiger partial charge < -0.3 is 24.0 Å². The summed E-state index contributed by atoms with van der Waals surface area (Å²) < 4.78 is 16.6. The number of carbonyl (C=O) groups excluding carboxylic acids is 2. The minimum atomic E-state index is -0.139. The smallest absolute Gasteiger partial charge is 0.268 e. The van der Waals surface area contributed by atoms with Crippen LogP contribution in [0.25, 0.3) is 5.57 Å². The maximum Gasteiger partial charge on any atom is 0.268 e. The Labute approximate surface area is 209 Å². The van der Waals surface area contributed by atoms with Crippen molar-refractivity contribution >= 4 is 34.4 Å². The summed E-state index contributed by atoms with van der Waals surface area (Å²) in [4.78, 5) is 30.3. The van der Waals surface area contributed by atoms with E-state index in [9.17, 15) is 9.59 Å². The molecule has 4 rings (SSSR count). The predicted molar refractivity (Wildman–Crippen MR) is 138 cm³/mol. The first kappa shape index (κ1) is 24.3. The number of ether oxygens (including phenoxy) is 3. The van der Waals surface area contributed by atoms with Gasteiger partial charge in [0.25, 0.3) is 11.8 Å². The van der Waals surface area contributed by atoms with E-state index in [2.05, 4.69) is 0 Å². The van der Waals surface area contributed by atoms with Crippen molar-refractivity contribution in [3.05, 3.63) is 76.0 Å². The highest BCUT2D eigenvalue weighted by atomic mass is 32.1. The number of rotatable bonds is 7. The van der Waals surface area contributed by atoms with Crippen molar-refractivity contribution in [1.82, 2.24) is 4.90 Å². The topological polar surface area (TPSA) is 68.3 Å². The van der Waals surface area contributed by atoms with Crippen LogP contribution in [0.2, 0.25) is 0 Å². The third kappa shape index (κ3) is 4.88. The maximum atomic E-state index is 13.5. The predicted octanol–water partition coefficient (Wildman–Crippen LogP) is 4.98. The normalized spacial score (nSPS) is 13.1. The molecule has 8 heteroatoms. The van der Waals surface area contributed by atoms with Crippen LogP contribution in [-0.4, -0.2) is 58.2 Å². The Morgan fingerprint density at radius 3 is 2.26 bits per heavy atom. The molecule has 182 valence electrons. The fourth-order valence-electron chi connectivity index (χ4n) is 4.20. The van der Waals surface area contributed by atoms with Gasteiger partial charge in [-0.25, -0.2) is 0 Å². The molecule has 2 amide bonds. The van der Waals surface area contributed by atoms with Crippen molar-refractivity contribution in [2.45, 2.75) is 6.42 Å². The lowest BCUT2D eigenvalue weighted by Crippen LogP contribution is -2.36. The number of para-hydroxylation sites is 1. The summed E-state index contributed by atoms with van der Waals surface area (Å²) in [6.07, 6.45) is 2.66. The Morgan fingerprint density at radius 1 is 0.971 bits per heavy atom. The molecule has 0 saturated carbocycles. The van der Waals surface area contributed by atoms with Gasteiger partial charge in [0.05, 0.1) is 43.0 Å². The molecule has 0 aliphatic carbocycles. The molecule has 1 aliphatic heterocycles. The Morgan fingerprint density at radius 2 is 1.69 bits per heavy atom. The SMILES string of the molecule is COc1cc(OC)c(C2=CCN(C(=O)c3ccccc3N(C)C(=O)c3cccs3)CC2)c(OC)c1. The molecular weight excluding hydrogens is 464 g/mol. The van der Waals surface area contributed by atoms with Crippen LogP contribution in [0, 0.1) is 0 Å². The van der Waals surface area contributed by atoms with E-state index >= 15 is 0 Å². The molecule has 0 N–H and O–H groups in total. The van der Waals surface area contributed by atoms with Crippen molar-refractivity contribution in [2.24, 2.45) is 0 Å². The lowest BCUT2D eigenvalue weighted by Gasteiger charge is -2.29. The second-order valence-corrected chi connectivity index (χ2v) is 8.94. The Kier molecular flexibility index (Phi) is 7.41. The number of carbonyl (C=O) groups is 2. The molecular formula is C27H28N2O5S. The van der Waals surface area contributed by atoms with Gasteiger partial charge in [-0.3, -0.25) is 9.59 Å². The number of hydrogen-bond donors (Lipinski definition) is 0. The number of methoxy groups -OCH3 is 3. The highest BCUT2D eigenvalue weighted by Crippen LogP contribution is 2.41. The zero-order chi connectivity index (χ0) is 24.9. The average molecular weight is 493 g/mol. The Balaban J connectivity index is 1.58. The van der Waals surface area contributed by atoms with Gasteiger partial charge >= 0.3 is 0 Å². The zero-order valence-corrected chi connectivity index (χ0v) is 21.1. The Bertz CT molecular complexity index is 1230. The first-order valence-electron chi connectivity index (χ1n) is 11.2. The second-order valence-electron chi connectivity index (χ2n) is 8.00. The molecule has 3 aromatic rings. The minimum absolute atomic E-state index is 0.115. The quantitative estimate of drug-likeness (QED) is 0.465. The van der Waals surface area contributed by atoms with Crippen LogP contribution < -0.4 is 19.1 Å². The fraction of sp³-hybridized carbons (Fsp3) is 0.259. The molecule has 2 heterocycles. The minimum Gasteiger partial charge on any atom is -0.496 e. The lowest BCUT2D eigenvalue weighted by atomic mass is 9.96. The summed E-state index contributed by atoms with van der Waals surface area (Å²) in [5.41, 5.74) is 2.99. The molecule has 1 aliphatic rings. The number of hydrogen-bond acceptors (Lipinski definition) is 6. The van der Waals surface area contributed by atoms with E-state index in [0.717, 1.165) is 11.1 Å². The van der Waals surface area contributed by atoms with Crippen molar-refractivity contribution in [2.75, 3.05) is 46.4 Å². The molecule has 0 radical (unpaired) electrons. The first-order chi connectivity index (χ1) is 17.0. The highest BCUT2D eigenvalue weighted by Gasteiger charge is 2.26. The van der Waals surface area contributed by atoms with Gasteiger partial charge in [0, 0.05) is 32.3 Å². The molecule has 0 saturated heterocycles. The number of nitrogens with zero attached hydrogens (tertiary/aromatic N) is 2. The summed E-state index contributed by atoms with van der Waals surface area (Å²) in [6.45, 7) is 0.962. The van der Waals surface area contributed by atoms with Gasteiger partial charge in [-0.2, -0.15) is 0 Å². The molecule has 2 aromatic carbocycles. The third-order valence-electron chi connectivity index (χ3n) is 6.06. The number of amides is 2. The van der Waals surface area contributed by atoms with Crippen molar-refractivity contribution in [1.29, 1.82) is 0 Å². The molecule has 0 atom stereocenters. The Hall–Kier alpha value is -3.78. The van der Waals surface area contributed by atoms with E-state index in [0.29, 0.717) is 52.9 Å². The van der Waals surface area contributed by atoms with Gasteiger partial charge in [-0.15, -0.1) is 11.3 Å². The van der Waals surface area contributed by atoms with Gasteiger partial charge in [-0.1, -0.05) is 24.3 Å². The first-order valence-corrected chi connectivity index (χ1v) is 12.1. The van der Waals surface area contributed by atoms with Gasteiger partial charge in [0.1, 0.15) is 17.2 Å². The third-order valence-corrected chi connectivity index (χ3v) is 6.92. The number of benzene rings is 2. The standard InChI is InChI=1S/C27H28N2O5S/c1-28(27(31)24-10-7-15-35-24)21-9-6-5-8-20(21)26(30)29-13-11-18(12-14-29)25-22(33-3)16-19(32-2)17-23(25)34-4/h5-11,15-17H,12-14H2,1-4H3. The van der Waals surface area contributed by atoms with E-state index in [1.165, 1.54) is 16.2 Å². The highest BCUT2D eigenvalue weighted by molar-refractivity contribution is 7.12. The zero-order valence-electron chi connectivity index (χ0n) is 20.2. The average Bonchev–Trinajstić information content (AvgIpc) is 3.46. The van der Waals surface area contributed by atoms with Crippen LogP contribution in [0.3, 0.4) is 0 Å². The van der Waals surface area contributed by atoms with Gasteiger partial charge in [0.15, 0.2) is 0 Å². The molecule has 1 aromatic heterocycles. The summed E-state index contributed by atoms with van der Waals surface area (Å²) >= 11 is 1.38. The van der Waals surface area contributed by atoms with Crippen molar-refractivity contribution < 1.29 is 23.8 Å². The van der Waals surface area contributed by atoms with Crippen LogP contribution >= 0.6 is 11.3 Å². The van der Waals surface area contributed by atoms with E-state index < -0.39 is 0 Å². The summed E-state index contributed by atoms with van der Waals surface area (Å²) in [6, 6.07) is 14.5. The van der Waals surface area contributed by atoms with E-state index in [1.54, 1.807) is 51.5 Å². The van der Waals surface area contributed by atoms with Crippen LogP contribution in [-0.2, 0) is 0 Å². The van der Waals surface area contributed by atoms with Crippen LogP contribution in [0.15, 0.2) is 60.0 Å². The van der Waals surface area contributed by atoms with Crippen LogP contribution in [0.4, 0.5) is 5.69 Å². The van der Waals surface area contributed by atoms with Crippen molar-refractivity contribution in [3.8, 4) is 17.2 Å². The number of anilines is 1. The molecule has 35 heavy (non-hydrogen) atoms. The molecule has 0 unspecified atom stereocenters. The summed E-state index contributed by atoms with van der Waals surface area (Å²) in [5.74, 6) is 1.71. The van der Waals surface area contributed by atoms with Gasteiger partial charge in [0.2, 0.25) is 0 Å². The lowest BCUT2D eigenvalue weighted by molar-refractivity contribution is 0.0773.